The Bertz CT molecular complexity index is 1260. The molecule has 13 heteroatoms. The van der Waals surface area contributed by atoms with Gasteiger partial charge in [-0.15, -0.1) is 12.4 Å². The van der Waals surface area contributed by atoms with Crippen molar-refractivity contribution >= 4 is 40.9 Å². The molecule has 5 heterocycles. The van der Waals surface area contributed by atoms with Gasteiger partial charge in [0.25, 0.3) is 5.91 Å². The first-order valence-electron chi connectivity index (χ1n) is 10.9. The van der Waals surface area contributed by atoms with Crippen LogP contribution in [0.15, 0.2) is 36.8 Å². The highest BCUT2D eigenvalue weighted by Crippen LogP contribution is 2.34. The van der Waals surface area contributed by atoms with E-state index in [0.717, 1.165) is 4.90 Å². The third-order valence-electron chi connectivity index (χ3n) is 6.40. The number of amides is 2. The smallest absolute Gasteiger partial charge is 0.384 e. The summed E-state index contributed by atoms with van der Waals surface area (Å²) in [5.41, 5.74) is 7.39. The maximum atomic E-state index is 13.3. The molecule has 3 aromatic rings. The second kappa shape index (κ2) is 9.33. The number of pyridine rings is 2. The minimum absolute atomic E-state index is 0. The van der Waals surface area contributed by atoms with Crippen molar-refractivity contribution in [1.29, 1.82) is 0 Å². The second-order valence-corrected chi connectivity index (χ2v) is 8.60. The van der Waals surface area contributed by atoms with Crippen molar-refractivity contribution in [1.82, 2.24) is 29.5 Å². The van der Waals surface area contributed by atoms with Gasteiger partial charge < -0.3 is 15.5 Å². The lowest BCUT2D eigenvalue weighted by atomic mass is 9.93. The van der Waals surface area contributed by atoms with Crippen molar-refractivity contribution in [2.75, 3.05) is 25.4 Å². The Kier molecular flexibility index (Phi) is 6.58. The fraction of sp³-hybridized carbons (Fsp3) is 0.409. The summed E-state index contributed by atoms with van der Waals surface area (Å²) in [6.07, 6.45) is 0.435. The van der Waals surface area contributed by atoms with Crippen LogP contribution < -0.4 is 5.73 Å². The van der Waals surface area contributed by atoms with E-state index in [0.29, 0.717) is 41.7 Å². The Morgan fingerprint density at radius 1 is 1.17 bits per heavy atom. The van der Waals surface area contributed by atoms with Gasteiger partial charge >= 0.3 is 6.18 Å². The number of carbonyl (C=O) groups excluding carboxylic acids is 2. The summed E-state index contributed by atoms with van der Waals surface area (Å²) in [4.78, 5) is 36.1. The fourth-order valence-electron chi connectivity index (χ4n) is 4.68. The van der Waals surface area contributed by atoms with Crippen molar-refractivity contribution in [2.24, 2.45) is 0 Å². The number of nitrogen functional groups attached to an aromatic ring is 1. The molecule has 9 nitrogen and oxygen atoms in total. The lowest BCUT2D eigenvalue weighted by Gasteiger charge is -2.38. The SMILES string of the molecule is Cl.Nc1cc(C(=O)N2CC(c3nn(CC(=O)N4CCC[C@H]4C(F)(F)F)c4ccncc34)C2)ccn1. The van der Waals surface area contributed by atoms with E-state index in [-0.39, 0.29) is 49.6 Å². The number of hydrogen-bond acceptors (Lipinski definition) is 6. The Balaban J connectivity index is 0.00000289. The van der Waals surface area contributed by atoms with Gasteiger partial charge in [0.2, 0.25) is 5.91 Å². The fourth-order valence-corrected chi connectivity index (χ4v) is 4.68. The zero-order valence-corrected chi connectivity index (χ0v) is 19.3. The summed E-state index contributed by atoms with van der Waals surface area (Å²) < 4.78 is 41.4. The molecule has 0 aliphatic carbocycles. The van der Waals surface area contributed by atoms with Gasteiger partial charge in [-0.3, -0.25) is 19.3 Å². The molecule has 0 bridgehead atoms. The molecule has 5 rings (SSSR count). The number of halogens is 4. The number of carbonyl (C=O) groups is 2. The second-order valence-electron chi connectivity index (χ2n) is 8.60. The Labute approximate surface area is 204 Å². The maximum Gasteiger partial charge on any atom is 0.408 e. The normalized spacial score (nSPS) is 18.4. The van der Waals surface area contributed by atoms with Gasteiger partial charge in [0.05, 0.1) is 11.2 Å². The van der Waals surface area contributed by atoms with E-state index in [1.54, 1.807) is 29.4 Å². The number of aromatic nitrogens is 4. The van der Waals surface area contributed by atoms with Gasteiger partial charge in [-0.2, -0.15) is 18.3 Å². The van der Waals surface area contributed by atoms with E-state index in [1.165, 1.54) is 16.9 Å². The molecule has 0 unspecified atom stereocenters. The van der Waals surface area contributed by atoms with Crippen LogP contribution in [0.1, 0.15) is 34.8 Å². The summed E-state index contributed by atoms with van der Waals surface area (Å²) in [5.74, 6) is -0.613. The summed E-state index contributed by atoms with van der Waals surface area (Å²) in [6.45, 7) is 0.616. The molecule has 2 amide bonds. The van der Waals surface area contributed by atoms with Crippen LogP contribution in [-0.2, 0) is 11.3 Å². The van der Waals surface area contributed by atoms with Gasteiger partial charge in [-0.1, -0.05) is 0 Å². The first kappa shape index (κ1) is 24.7. The van der Waals surface area contributed by atoms with Crippen molar-refractivity contribution in [2.45, 2.75) is 37.5 Å². The zero-order valence-electron chi connectivity index (χ0n) is 18.5. The molecule has 0 radical (unpaired) electrons. The molecule has 2 N–H and O–H groups in total. The number of rotatable bonds is 4. The van der Waals surface area contributed by atoms with Gasteiger partial charge in [0.15, 0.2) is 0 Å². The number of nitrogens with two attached hydrogens (primary N) is 1. The van der Waals surface area contributed by atoms with E-state index in [1.807, 2.05) is 0 Å². The first-order valence-corrected chi connectivity index (χ1v) is 10.9. The molecule has 2 aliphatic rings. The maximum absolute atomic E-state index is 13.3. The summed E-state index contributed by atoms with van der Waals surface area (Å²) in [5, 5.41) is 5.29. The number of nitrogens with zero attached hydrogens (tertiary/aromatic N) is 6. The van der Waals surface area contributed by atoms with Crippen LogP contribution in [0.5, 0.6) is 0 Å². The lowest BCUT2D eigenvalue weighted by molar-refractivity contribution is -0.183. The molecule has 1 atom stereocenters. The monoisotopic (exact) mass is 509 g/mol. The Morgan fingerprint density at radius 3 is 2.66 bits per heavy atom. The molecule has 186 valence electrons. The molecule has 2 aliphatic heterocycles. The van der Waals surface area contributed by atoms with Crippen molar-refractivity contribution < 1.29 is 22.8 Å². The van der Waals surface area contributed by atoms with E-state index in [4.69, 9.17) is 5.73 Å². The highest BCUT2D eigenvalue weighted by Gasteiger charge is 2.47. The van der Waals surface area contributed by atoms with Crippen LogP contribution in [0, 0.1) is 0 Å². The number of anilines is 1. The minimum Gasteiger partial charge on any atom is -0.384 e. The van der Waals surface area contributed by atoms with Crippen LogP contribution in [-0.4, -0.2) is 73.2 Å². The lowest BCUT2D eigenvalue weighted by Crippen LogP contribution is -2.48. The summed E-state index contributed by atoms with van der Waals surface area (Å²) in [6, 6.07) is 3.04. The minimum atomic E-state index is -4.45. The van der Waals surface area contributed by atoms with Crippen LogP contribution in [0.25, 0.3) is 10.9 Å². The van der Waals surface area contributed by atoms with Crippen LogP contribution in [0.2, 0.25) is 0 Å². The van der Waals surface area contributed by atoms with E-state index >= 15 is 0 Å². The van der Waals surface area contributed by atoms with Gasteiger partial charge in [-0.05, 0) is 31.0 Å². The van der Waals surface area contributed by atoms with Gasteiger partial charge in [-0.25, -0.2) is 4.98 Å². The summed E-state index contributed by atoms with van der Waals surface area (Å²) in [7, 11) is 0. The molecule has 3 aromatic heterocycles. The zero-order chi connectivity index (χ0) is 24.0. The topological polar surface area (TPSA) is 110 Å². The van der Waals surface area contributed by atoms with Gasteiger partial charge in [0.1, 0.15) is 18.4 Å². The molecule has 0 saturated carbocycles. The molecule has 2 saturated heterocycles. The molecule has 35 heavy (non-hydrogen) atoms. The predicted octanol–water partition coefficient (Wildman–Crippen LogP) is 2.62. The largest absolute Gasteiger partial charge is 0.408 e. The Hall–Kier alpha value is -3.41. The quantitative estimate of drug-likeness (QED) is 0.579. The average molecular weight is 510 g/mol. The highest BCUT2D eigenvalue weighted by atomic mass is 35.5. The highest BCUT2D eigenvalue weighted by molar-refractivity contribution is 5.95. The number of likely N-dealkylation sites (tertiary alicyclic amines) is 2. The first-order chi connectivity index (χ1) is 16.2. The average Bonchev–Trinajstić information content (AvgIpc) is 3.39. The van der Waals surface area contributed by atoms with Crippen molar-refractivity contribution in [3.05, 3.63) is 48.0 Å². The van der Waals surface area contributed by atoms with Crippen LogP contribution in [0.4, 0.5) is 19.0 Å². The predicted molar refractivity (Wildman–Crippen MR) is 123 cm³/mol. The summed E-state index contributed by atoms with van der Waals surface area (Å²) >= 11 is 0. The standard InChI is InChI=1S/C22H22F3N7O2.ClH/c23-22(24,25)17-2-1-7-31(17)19(33)12-32-16-4-5-27-9-15(16)20(29-32)14-10-30(11-14)21(34)13-3-6-28-18(26)8-13;/h3-6,8-9,14,17H,1-2,7,10-12H2,(H2,26,28);1H/t17-;/m0./s1. The molecular formula is C22H23ClF3N7O2. The molecule has 2 fully saturated rings. The third-order valence-corrected chi connectivity index (χ3v) is 6.40. The number of alkyl halides is 3. The van der Waals surface area contributed by atoms with Crippen LogP contribution in [0.3, 0.4) is 0 Å². The molecular weight excluding hydrogens is 487 g/mol. The Morgan fingerprint density at radius 2 is 1.94 bits per heavy atom. The third kappa shape index (κ3) is 4.62. The van der Waals surface area contributed by atoms with E-state index < -0.39 is 18.1 Å². The van der Waals surface area contributed by atoms with Crippen LogP contribution >= 0.6 is 12.4 Å². The van der Waals surface area contributed by atoms with Crippen molar-refractivity contribution in [3.8, 4) is 0 Å². The van der Waals surface area contributed by atoms with E-state index in [2.05, 4.69) is 15.1 Å². The molecule has 0 aromatic carbocycles. The van der Waals surface area contributed by atoms with Gasteiger partial charge in [0, 0.05) is 55.1 Å². The van der Waals surface area contributed by atoms with Crippen molar-refractivity contribution in [3.63, 3.8) is 0 Å². The number of hydrogen-bond donors (Lipinski definition) is 1. The van der Waals surface area contributed by atoms with E-state index in [9.17, 15) is 22.8 Å². The number of fused-ring (bicyclic) bond motifs is 1. The molecule has 0 spiro atoms.